The first-order chi connectivity index (χ1) is 11.2. The third kappa shape index (κ3) is 2.50. The van der Waals surface area contributed by atoms with Gasteiger partial charge in [-0.3, -0.25) is 14.6 Å². The highest BCUT2D eigenvalue weighted by Gasteiger charge is 2.31. The van der Waals surface area contributed by atoms with Gasteiger partial charge in [-0.2, -0.15) is 10.2 Å². The average Bonchev–Trinajstić information content (AvgIpc) is 3.26. The molecule has 1 fully saturated rings. The fourth-order valence-corrected chi connectivity index (χ4v) is 3.43. The summed E-state index contributed by atoms with van der Waals surface area (Å²) in [5.41, 5.74) is 2.91. The number of hydrogen-bond donors (Lipinski definition) is 1. The molecule has 1 aliphatic heterocycles. The van der Waals surface area contributed by atoms with E-state index in [-0.39, 0.29) is 11.9 Å². The van der Waals surface area contributed by atoms with Gasteiger partial charge < -0.3 is 4.90 Å². The molecular formula is C17H19N5O. The number of hydrogen-bond acceptors (Lipinski definition) is 3. The third-order valence-corrected chi connectivity index (χ3v) is 4.55. The van der Waals surface area contributed by atoms with Gasteiger partial charge in [0.25, 0.3) is 0 Å². The van der Waals surface area contributed by atoms with Crippen molar-refractivity contribution >= 4 is 16.8 Å². The molecule has 0 unspecified atom stereocenters. The Labute approximate surface area is 134 Å². The molecule has 1 saturated heterocycles. The number of fused-ring (bicyclic) bond motifs is 1. The van der Waals surface area contributed by atoms with Gasteiger partial charge in [0, 0.05) is 30.7 Å². The normalized spacial score (nSPS) is 18.0. The monoisotopic (exact) mass is 309 g/mol. The molecule has 6 nitrogen and oxygen atoms in total. The minimum atomic E-state index is 0.144. The zero-order valence-corrected chi connectivity index (χ0v) is 13.1. The van der Waals surface area contributed by atoms with E-state index in [4.69, 9.17) is 0 Å². The average molecular weight is 309 g/mol. The summed E-state index contributed by atoms with van der Waals surface area (Å²) in [7, 11) is 1.90. The van der Waals surface area contributed by atoms with Gasteiger partial charge in [0.15, 0.2) is 0 Å². The number of aromatic amines is 1. The van der Waals surface area contributed by atoms with Crippen LogP contribution in [0.1, 0.15) is 30.1 Å². The van der Waals surface area contributed by atoms with Gasteiger partial charge in [-0.05, 0) is 18.9 Å². The molecule has 0 spiro atoms. The van der Waals surface area contributed by atoms with E-state index in [0.717, 1.165) is 41.5 Å². The summed E-state index contributed by atoms with van der Waals surface area (Å²) in [5.74, 6) is 0.144. The van der Waals surface area contributed by atoms with Gasteiger partial charge in [0.1, 0.15) is 0 Å². The molecule has 1 atom stereocenters. The van der Waals surface area contributed by atoms with E-state index in [0.29, 0.717) is 6.42 Å². The predicted octanol–water partition coefficient (Wildman–Crippen LogP) is 2.20. The second-order valence-corrected chi connectivity index (χ2v) is 6.09. The summed E-state index contributed by atoms with van der Waals surface area (Å²) in [5, 5.41) is 12.5. The Bertz CT molecular complexity index is 849. The zero-order valence-electron chi connectivity index (χ0n) is 13.1. The molecule has 4 rings (SSSR count). The van der Waals surface area contributed by atoms with Crippen LogP contribution in [-0.2, 0) is 18.3 Å². The van der Waals surface area contributed by atoms with Gasteiger partial charge in [-0.25, -0.2) is 0 Å². The van der Waals surface area contributed by atoms with Gasteiger partial charge >= 0.3 is 0 Å². The topological polar surface area (TPSA) is 66.8 Å². The SMILES string of the molecule is Cn1cc([C@H]2CCCN2C(=O)Cc2[nH]nc3ccccc23)cn1. The summed E-state index contributed by atoms with van der Waals surface area (Å²) in [4.78, 5) is 14.8. The fraction of sp³-hybridized carbons (Fsp3) is 0.353. The standard InChI is InChI=1S/C17H19N5O/c1-21-11-12(10-18-21)16-7-4-8-22(16)17(23)9-15-13-5-2-3-6-14(13)19-20-15/h2-3,5-6,10-11,16H,4,7-9H2,1H3,(H,19,20)/t16-/m1/s1. The van der Waals surface area contributed by atoms with Crippen molar-refractivity contribution in [3.8, 4) is 0 Å². The van der Waals surface area contributed by atoms with Crippen LogP contribution < -0.4 is 0 Å². The number of aryl methyl sites for hydroxylation is 1. The molecule has 3 aromatic rings. The molecule has 1 aliphatic rings. The summed E-state index contributed by atoms with van der Waals surface area (Å²) >= 11 is 0. The van der Waals surface area contributed by atoms with Crippen LogP contribution in [0.2, 0.25) is 0 Å². The van der Waals surface area contributed by atoms with E-state index in [1.807, 2.05) is 48.6 Å². The van der Waals surface area contributed by atoms with Crippen molar-refractivity contribution in [3.05, 3.63) is 47.9 Å². The van der Waals surface area contributed by atoms with E-state index in [1.54, 1.807) is 4.68 Å². The highest BCUT2D eigenvalue weighted by Crippen LogP contribution is 2.32. The summed E-state index contributed by atoms with van der Waals surface area (Å²) in [6.07, 6.45) is 6.26. The lowest BCUT2D eigenvalue weighted by Gasteiger charge is -2.23. The van der Waals surface area contributed by atoms with Crippen LogP contribution in [-0.4, -0.2) is 37.3 Å². The summed E-state index contributed by atoms with van der Waals surface area (Å²) in [6.45, 7) is 0.810. The van der Waals surface area contributed by atoms with Crippen LogP contribution in [0.3, 0.4) is 0 Å². The van der Waals surface area contributed by atoms with Crippen LogP contribution >= 0.6 is 0 Å². The van der Waals surface area contributed by atoms with Gasteiger partial charge in [0.2, 0.25) is 5.91 Å². The lowest BCUT2D eigenvalue weighted by atomic mass is 10.1. The maximum absolute atomic E-state index is 12.8. The first-order valence-corrected chi connectivity index (χ1v) is 7.92. The predicted molar refractivity (Wildman–Crippen MR) is 86.7 cm³/mol. The number of para-hydroxylation sites is 1. The maximum Gasteiger partial charge on any atom is 0.229 e. The molecule has 23 heavy (non-hydrogen) atoms. The number of H-pyrrole nitrogens is 1. The fourth-order valence-electron chi connectivity index (χ4n) is 3.43. The molecule has 0 saturated carbocycles. The second-order valence-electron chi connectivity index (χ2n) is 6.09. The van der Waals surface area contributed by atoms with Crippen molar-refractivity contribution in [2.45, 2.75) is 25.3 Å². The van der Waals surface area contributed by atoms with Crippen molar-refractivity contribution in [2.75, 3.05) is 6.54 Å². The highest BCUT2D eigenvalue weighted by atomic mass is 16.2. The summed E-state index contributed by atoms with van der Waals surface area (Å²) in [6, 6.07) is 8.02. The minimum Gasteiger partial charge on any atom is -0.335 e. The van der Waals surface area contributed by atoms with Crippen LogP contribution in [0, 0.1) is 0 Å². The van der Waals surface area contributed by atoms with Gasteiger partial charge in [-0.15, -0.1) is 0 Å². The van der Waals surface area contributed by atoms with Crippen LogP contribution in [0.5, 0.6) is 0 Å². The number of benzene rings is 1. The molecule has 1 aromatic carbocycles. The number of nitrogens with zero attached hydrogens (tertiary/aromatic N) is 4. The Morgan fingerprint density at radius 3 is 3.09 bits per heavy atom. The van der Waals surface area contributed by atoms with E-state index in [2.05, 4.69) is 15.3 Å². The van der Waals surface area contributed by atoms with E-state index >= 15 is 0 Å². The van der Waals surface area contributed by atoms with E-state index in [1.165, 1.54) is 0 Å². The molecule has 2 aromatic heterocycles. The molecule has 0 bridgehead atoms. The lowest BCUT2D eigenvalue weighted by molar-refractivity contribution is -0.131. The van der Waals surface area contributed by atoms with E-state index < -0.39 is 0 Å². The van der Waals surface area contributed by atoms with Crippen LogP contribution in [0.15, 0.2) is 36.7 Å². The smallest absolute Gasteiger partial charge is 0.229 e. The third-order valence-electron chi connectivity index (χ3n) is 4.55. The second kappa shape index (κ2) is 5.53. The van der Waals surface area contributed by atoms with Crippen molar-refractivity contribution < 1.29 is 4.79 Å². The number of likely N-dealkylation sites (tertiary alicyclic amines) is 1. The maximum atomic E-state index is 12.8. The van der Waals surface area contributed by atoms with Crippen LogP contribution in [0.4, 0.5) is 0 Å². The first-order valence-electron chi connectivity index (χ1n) is 7.92. The van der Waals surface area contributed by atoms with Crippen LogP contribution in [0.25, 0.3) is 10.9 Å². The molecule has 1 amide bonds. The number of rotatable bonds is 3. The molecule has 6 heteroatoms. The largest absolute Gasteiger partial charge is 0.335 e. The van der Waals surface area contributed by atoms with Crippen molar-refractivity contribution in [3.63, 3.8) is 0 Å². The first kappa shape index (κ1) is 14.0. The lowest BCUT2D eigenvalue weighted by Crippen LogP contribution is -2.31. The number of amides is 1. The Kier molecular flexibility index (Phi) is 3.37. The number of aromatic nitrogens is 4. The highest BCUT2D eigenvalue weighted by molar-refractivity contribution is 5.87. The Balaban J connectivity index is 1.56. The number of carbonyl (C=O) groups is 1. The molecule has 1 N–H and O–H groups in total. The Morgan fingerprint density at radius 1 is 1.39 bits per heavy atom. The van der Waals surface area contributed by atoms with Gasteiger partial charge in [0.05, 0.1) is 29.9 Å². The van der Waals surface area contributed by atoms with Crippen molar-refractivity contribution in [1.82, 2.24) is 24.9 Å². The quantitative estimate of drug-likeness (QED) is 0.806. The molecule has 0 radical (unpaired) electrons. The van der Waals surface area contributed by atoms with E-state index in [9.17, 15) is 4.79 Å². The van der Waals surface area contributed by atoms with Crippen molar-refractivity contribution in [2.24, 2.45) is 7.05 Å². The zero-order chi connectivity index (χ0) is 15.8. The number of carbonyl (C=O) groups excluding carboxylic acids is 1. The molecule has 0 aliphatic carbocycles. The summed E-state index contributed by atoms with van der Waals surface area (Å²) < 4.78 is 1.79. The van der Waals surface area contributed by atoms with Gasteiger partial charge in [-0.1, -0.05) is 18.2 Å². The molecular weight excluding hydrogens is 290 g/mol. The number of nitrogens with one attached hydrogen (secondary N) is 1. The Hall–Kier alpha value is -2.63. The molecule has 118 valence electrons. The molecule has 3 heterocycles. The minimum absolute atomic E-state index is 0.144. The Morgan fingerprint density at radius 2 is 2.26 bits per heavy atom. The van der Waals surface area contributed by atoms with Crippen molar-refractivity contribution in [1.29, 1.82) is 0 Å².